The summed E-state index contributed by atoms with van der Waals surface area (Å²) in [6, 6.07) is 10.8. The van der Waals surface area contributed by atoms with Gasteiger partial charge in [0.1, 0.15) is 11.6 Å². The fraction of sp³-hybridized carbons (Fsp3) is 0.0556. The van der Waals surface area contributed by atoms with E-state index in [0.717, 1.165) is 11.6 Å². The number of halogens is 1. The number of nitrogens with zero attached hydrogens (tertiary/aromatic N) is 2. The molecule has 1 aromatic carbocycles. The Morgan fingerprint density at radius 1 is 1.12 bits per heavy atom. The van der Waals surface area contributed by atoms with Crippen LogP contribution in [0.2, 0.25) is 0 Å². The van der Waals surface area contributed by atoms with Gasteiger partial charge in [0.05, 0.1) is 0 Å². The van der Waals surface area contributed by atoms with Crippen LogP contribution in [0.3, 0.4) is 0 Å². The Morgan fingerprint density at radius 3 is 2.54 bits per heavy atom. The second kappa shape index (κ2) is 6.87. The number of rotatable bonds is 5. The predicted octanol–water partition coefficient (Wildman–Crippen LogP) is 3.58. The Bertz CT molecular complexity index is 871. The van der Waals surface area contributed by atoms with Crippen molar-refractivity contribution in [3.05, 3.63) is 89.7 Å². The third kappa shape index (κ3) is 3.73. The quantitative estimate of drug-likeness (QED) is 0.441. The lowest BCUT2D eigenvalue weighted by molar-refractivity contribution is 0.101. The highest BCUT2D eigenvalue weighted by Gasteiger charge is 2.12. The lowest BCUT2D eigenvalue weighted by Gasteiger charge is -1.98. The average molecular weight is 324 g/mol. The maximum atomic E-state index is 12.9. The highest BCUT2D eigenvalue weighted by atomic mass is 19.1. The number of hydrogen-bond donors (Lipinski definition) is 1. The molecule has 0 unspecified atom stereocenters. The molecule has 0 saturated heterocycles. The SMILES string of the molecule is O=C(C=C(O)c1ncccn1)c1ccc(Cc2ccc(F)cc2)o1. The molecule has 0 bridgehead atoms. The first-order valence-electron chi connectivity index (χ1n) is 7.17. The number of benzene rings is 1. The van der Waals surface area contributed by atoms with Gasteiger partial charge in [0.15, 0.2) is 17.3 Å². The van der Waals surface area contributed by atoms with Gasteiger partial charge in [-0.3, -0.25) is 4.79 Å². The Hall–Kier alpha value is -3.28. The maximum absolute atomic E-state index is 12.9. The molecular formula is C18H13FN2O3. The number of aromatic nitrogens is 2. The summed E-state index contributed by atoms with van der Waals surface area (Å²) in [5, 5.41) is 9.86. The van der Waals surface area contributed by atoms with Crippen LogP contribution >= 0.6 is 0 Å². The van der Waals surface area contributed by atoms with E-state index in [-0.39, 0.29) is 23.2 Å². The molecule has 0 radical (unpaired) electrons. The number of carbonyl (C=O) groups is 1. The van der Waals surface area contributed by atoms with E-state index in [1.807, 2.05) is 0 Å². The summed E-state index contributed by atoms with van der Waals surface area (Å²) in [5.41, 5.74) is 0.862. The van der Waals surface area contributed by atoms with Crippen molar-refractivity contribution in [1.82, 2.24) is 9.97 Å². The van der Waals surface area contributed by atoms with Gasteiger partial charge in [-0.25, -0.2) is 14.4 Å². The van der Waals surface area contributed by atoms with Crippen molar-refractivity contribution in [2.75, 3.05) is 0 Å². The topological polar surface area (TPSA) is 76.2 Å². The Kier molecular flexibility index (Phi) is 4.47. The molecule has 5 nitrogen and oxygen atoms in total. The summed E-state index contributed by atoms with van der Waals surface area (Å²) >= 11 is 0. The molecule has 3 aromatic rings. The van der Waals surface area contributed by atoms with Crippen molar-refractivity contribution in [1.29, 1.82) is 0 Å². The predicted molar refractivity (Wildman–Crippen MR) is 84.9 cm³/mol. The van der Waals surface area contributed by atoms with E-state index in [9.17, 15) is 14.3 Å². The number of allylic oxidation sites excluding steroid dienone is 1. The standard InChI is InChI=1S/C18H13FN2O3/c19-13-4-2-12(3-5-13)10-14-6-7-17(24-14)15(22)11-16(23)18-20-8-1-9-21-18/h1-9,11,23H,10H2. The third-order valence-electron chi connectivity index (χ3n) is 3.26. The molecule has 24 heavy (non-hydrogen) atoms. The van der Waals surface area contributed by atoms with E-state index < -0.39 is 5.78 Å². The third-order valence-corrected chi connectivity index (χ3v) is 3.26. The first kappa shape index (κ1) is 15.6. The Labute approximate surface area is 137 Å². The van der Waals surface area contributed by atoms with Crippen LogP contribution in [0, 0.1) is 5.82 Å². The highest BCUT2D eigenvalue weighted by Crippen LogP contribution is 2.16. The normalized spacial score (nSPS) is 11.5. The highest BCUT2D eigenvalue weighted by molar-refractivity contribution is 6.05. The second-order valence-electron chi connectivity index (χ2n) is 5.04. The van der Waals surface area contributed by atoms with Gasteiger partial charge in [0.2, 0.25) is 5.78 Å². The van der Waals surface area contributed by atoms with Crippen molar-refractivity contribution in [2.45, 2.75) is 6.42 Å². The zero-order valence-electron chi connectivity index (χ0n) is 12.5. The second-order valence-corrected chi connectivity index (χ2v) is 5.04. The molecule has 0 atom stereocenters. The minimum Gasteiger partial charge on any atom is -0.504 e. The van der Waals surface area contributed by atoms with E-state index in [1.54, 1.807) is 24.3 Å². The van der Waals surface area contributed by atoms with Crippen LogP contribution in [0.15, 0.2) is 65.4 Å². The summed E-state index contributed by atoms with van der Waals surface area (Å²) < 4.78 is 18.4. The number of hydrogen-bond acceptors (Lipinski definition) is 5. The molecular weight excluding hydrogens is 311 g/mol. The van der Waals surface area contributed by atoms with Gasteiger partial charge in [-0.2, -0.15) is 0 Å². The number of furan rings is 1. The molecule has 0 saturated carbocycles. The fourth-order valence-corrected chi connectivity index (χ4v) is 2.10. The molecule has 0 aliphatic carbocycles. The number of ketones is 1. The van der Waals surface area contributed by atoms with Crippen LogP contribution in [0.1, 0.15) is 27.7 Å². The van der Waals surface area contributed by atoms with Crippen LogP contribution in [0.25, 0.3) is 5.76 Å². The molecule has 1 N–H and O–H groups in total. The van der Waals surface area contributed by atoms with Gasteiger partial charge in [-0.05, 0) is 35.9 Å². The van der Waals surface area contributed by atoms with Gasteiger partial charge in [0.25, 0.3) is 0 Å². The van der Waals surface area contributed by atoms with Gasteiger partial charge >= 0.3 is 0 Å². The Balaban J connectivity index is 1.73. The molecule has 3 rings (SSSR count). The van der Waals surface area contributed by atoms with Gasteiger partial charge in [-0.15, -0.1) is 0 Å². The summed E-state index contributed by atoms with van der Waals surface area (Å²) in [4.78, 5) is 19.8. The minimum absolute atomic E-state index is 0.0592. The maximum Gasteiger partial charge on any atom is 0.224 e. The molecule has 0 amide bonds. The van der Waals surface area contributed by atoms with Crippen molar-refractivity contribution in [3.8, 4) is 0 Å². The first-order chi connectivity index (χ1) is 11.6. The molecule has 0 aliphatic rings. The molecule has 0 aliphatic heterocycles. The number of carbonyl (C=O) groups excluding carboxylic acids is 1. The van der Waals surface area contributed by atoms with Crippen LogP contribution in [0.5, 0.6) is 0 Å². The van der Waals surface area contributed by atoms with Crippen molar-refractivity contribution < 1.29 is 18.7 Å². The van der Waals surface area contributed by atoms with Crippen LogP contribution < -0.4 is 0 Å². The largest absolute Gasteiger partial charge is 0.504 e. The van der Waals surface area contributed by atoms with E-state index in [4.69, 9.17) is 4.42 Å². The van der Waals surface area contributed by atoms with Crippen molar-refractivity contribution in [2.24, 2.45) is 0 Å². The number of aliphatic hydroxyl groups is 1. The average Bonchev–Trinajstić information content (AvgIpc) is 3.06. The summed E-state index contributed by atoms with van der Waals surface area (Å²) in [7, 11) is 0. The fourth-order valence-electron chi connectivity index (χ4n) is 2.10. The minimum atomic E-state index is -0.495. The van der Waals surface area contributed by atoms with Gasteiger partial charge < -0.3 is 9.52 Å². The van der Waals surface area contributed by atoms with Gasteiger partial charge in [0, 0.05) is 24.9 Å². The molecule has 2 aromatic heterocycles. The van der Waals surface area contributed by atoms with Gasteiger partial charge in [-0.1, -0.05) is 12.1 Å². The number of aliphatic hydroxyl groups excluding tert-OH is 1. The summed E-state index contributed by atoms with van der Waals surface area (Å²) in [5.74, 6) is -0.424. The summed E-state index contributed by atoms with van der Waals surface area (Å²) in [6.07, 6.45) is 4.37. The molecule has 0 fully saturated rings. The Morgan fingerprint density at radius 2 is 1.83 bits per heavy atom. The van der Waals surface area contributed by atoms with E-state index in [0.29, 0.717) is 12.2 Å². The first-order valence-corrected chi connectivity index (χ1v) is 7.17. The molecule has 2 heterocycles. The van der Waals surface area contributed by atoms with Crippen molar-refractivity contribution in [3.63, 3.8) is 0 Å². The molecule has 0 spiro atoms. The monoisotopic (exact) mass is 324 g/mol. The van der Waals surface area contributed by atoms with E-state index in [1.165, 1.54) is 30.6 Å². The van der Waals surface area contributed by atoms with Crippen LogP contribution in [-0.4, -0.2) is 20.9 Å². The van der Waals surface area contributed by atoms with Crippen LogP contribution in [0.4, 0.5) is 4.39 Å². The lowest BCUT2D eigenvalue weighted by atomic mass is 10.1. The van der Waals surface area contributed by atoms with E-state index in [2.05, 4.69) is 9.97 Å². The van der Waals surface area contributed by atoms with Crippen LogP contribution in [-0.2, 0) is 6.42 Å². The van der Waals surface area contributed by atoms with Crippen molar-refractivity contribution >= 4 is 11.5 Å². The van der Waals surface area contributed by atoms with E-state index >= 15 is 0 Å². The zero-order chi connectivity index (χ0) is 16.9. The zero-order valence-corrected chi connectivity index (χ0v) is 12.5. The summed E-state index contributed by atoms with van der Waals surface area (Å²) in [6.45, 7) is 0. The lowest BCUT2D eigenvalue weighted by Crippen LogP contribution is -1.97. The molecule has 120 valence electrons. The smallest absolute Gasteiger partial charge is 0.224 e. The molecule has 6 heteroatoms.